The number of hydrogen-bond donors (Lipinski definition) is 1. The molecule has 0 radical (unpaired) electrons. The van der Waals surface area contributed by atoms with Crippen LogP contribution in [0.4, 0.5) is 8.78 Å². The van der Waals surface area contributed by atoms with Crippen LogP contribution in [0.1, 0.15) is 43.2 Å². The maximum Gasteiger partial charge on any atom is 0.263 e. The Morgan fingerprint density at radius 3 is 2.88 bits per heavy atom. The molecule has 1 fully saturated rings. The van der Waals surface area contributed by atoms with Gasteiger partial charge < -0.3 is 5.32 Å². The monoisotopic (exact) mass is 239 g/mol. The topological polar surface area (TPSA) is 29.1 Å². The van der Waals surface area contributed by atoms with E-state index in [0.29, 0.717) is 6.42 Å². The van der Waals surface area contributed by atoms with Crippen molar-refractivity contribution in [2.24, 2.45) is 0 Å². The van der Waals surface area contributed by atoms with Gasteiger partial charge in [-0.2, -0.15) is 0 Å². The summed E-state index contributed by atoms with van der Waals surface area (Å²) in [6.45, 7) is 1.99. The van der Waals surface area contributed by atoms with Crippen molar-refractivity contribution in [3.63, 3.8) is 0 Å². The lowest BCUT2D eigenvalue weighted by Gasteiger charge is -2.18. The second-order valence-electron chi connectivity index (χ2n) is 4.36. The van der Waals surface area contributed by atoms with Crippen molar-refractivity contribution in [1.82, 2.24) is 5.32 Å². The van der Waals surface area contributed by atoms with Crippen molar-refractivity contribution < 1.29 is 13.6 Å². The van der Waals surface area contributed by atoms with Gasteiger partial charge in [0, 0.05) is 23.9 Å². The molecule has 2 nitrogen and oxygen atoms in total. The second-order valence-corrected chi connectivity index (χ2v) is 4.36. The zero-order valence-corrected chi connectivity index (χ0v) is 9.62. The molecule has 1 aliphatic rings. The molecule has 1 heterocycles. The van der Waals surface area contributed by atoms with Gasteiger partial charge >= 0.3 is 0 Å². The highest BCUT2D eigenvalue weighted by Crippen LogP contribution is 2.32. The molecule has 0 bridgehead atoms. The van der Waals surface area contributed by atoms with E-state index in [2.05, 4.69) is 5.32 Å². The van der Waals surface area contributed by atoms with Crippen LogP contribution in [0.25, 0.3) is 0 Å². The fraction of sp³-hybridized carbons (Fsp3) is 0.462. The average Bonchev–Trinajstić information content (AvgIpc) is 2.70. The number of benzene rings is 1. The zero-order chi connectivity index (χ0) is 12.4. The van der Waals surface area contributed by atoms with Gasteiger partial charge in [0.25, 0.3) is 6.43 Å². The van der Waals surface area contributed by atoms with Crippen molar-refractivity contribution in [1.29, 1.82) is 0 Å². The molecular weight excluding hydrogens is 224 g/mol. The van der Waals surface area contributed by atoms with Gasteiger partial charge in [-0.15, -0.1) is 0 Å². The molecule has 1 aliphatic heterocycles. The number of amides is 1. The van der Waals surface area contributed by atoms with Gasteiger partial charge in [0.2, 0.25) is 5.91 Å². The number of alkyl halides is 2. The van der Waals surface area contributed by atoms with E-state index in [4.69, 9.17) is 0 Å². The number of nitrogens with one attached hydrogen (secondary N) is 1. The molecule has 1 N–H and O–H groups in total. The van der Waals surface area contributed by atoms with E-state index in [1.165, 1.54) is 12.1 Å². The minimum absolute atomic E-state index is 0.00398. The molecular formula is C13H15F2NO. The summed E-state index contributed by atoms with van der Waals surface area (Å²) in [5.74, 6) is 0.0236. The molecule has 2 unspecified atom stereocenters. The SMILES string of the molecule is CCC1NC(=O)CC1c1cccc(C(F)F)c1. The van der Waals surface area contributed by atoms with Crippen LogP contribution >= 0.6 is 0 Å². The van der Waals surface area contributed by atoms with Gasteiger partial charge in [-0.3, -0.25) is 4.79 Å². The van der Waals surface area contributed by atoms with E-state index in [0.717, 1.165) is 12.0 Å². The van der Waals surface area contributed by atoms with Crippen LogP contribution in [0.2, 0.25) is 0 Å². The minimum Gasteiger partial charge on any atom is -0.353 e. The van der Waals surface area contributed by atoms with Crippen molar-refractivity contribution in [3.05, 3.63) is 35.4 Å². The van der Waals surface area contributed by atoms with E-state index in [1.807, 2.05) is 13.0 Å². The third-order valence-electron chi connectivity index (χ3n) is 3.27. The molecule has 2 rings (SSSR count). The lowest BCUT2D eigenvalue weighted by atomic mass is 9.89. The fourth-order valence-corrected chi connectivity index (χ4v) is 2.37. The summed E-state index contributed by atoms with van der Waals surface area (Å²) in [5.41, 5.74) is 0.852. The first-order valence-electron chi connectivity index (χ1n) is 5.79. The van der Waals surface area contributed by atoms with E-state index in [9.17, 15) is 13.6 Å². The summed E-state index contributed by atoms with van der Waals surface area (Å²) in [5, 5.41) is 2.87. The number of carbonyl (C=O) groups is 1. The van der Waals surface area contributed by atoms with Crippen molar-refractivity contribution in [2.75, 3.05) is 0 Å². The standard InChI is InChI=1S/C13H15F2NO/c1-2-11-10(7-12(17)16-11)8-4-3-5-9(6-8)13(14)15/h3-6,10-11,13H,2,7H2,1H3,(H,16,17). The molecule has 1 aromatic carbocycles. The second kappa shape index (κ2) is 4.82. The fourth-order valence-electron chi connectivity index (χ4n) is 2.37. The van der Waals surface area contributed by atoms with Crippen molar-refractivity contribution in [2.45, 2.75) is 38.2 Å². The Hall–Kier alpha value is -1.45. The number of rotatable bonds is 3. The summed E-state index contributed by atoms with van der Waals surface area (Å²) < 4.78 is 25.2. The Bertz CT molecular complexity index is 420. The summed E-state index contributed by atoms with van der Waals surface area (Å²) >= 11 is 0. The molecule has 0 aliphatic carbocycles. The Morgan fingerprint density at radius 2 is 2.24 bits per heavy atom. The molecule has 17 heavy (non-hydrogen) atoms. The number of carbonyl (C=O) groups excluding carboxylic acids is 1. The van der Waals surface area contributed by atoms with Crippen molar-refractivity contribution in [3.8, 4) is 0 Å². The molecule has 2 atom stereocenters. The highest BCUT2D eigenvalue weighted by molar-refractivity contribution is 5.80. The summed E-state index contributed by atoms with van der Waals surface area (Å²) in [6, 6.07) is 6.44. The number of halogens is 2. The summed E-state index contributed by atoms with van der Waals surface area (Å²) in [4.78, 5) is 11.4. The van der Waals surface area contributed by atoms with Gasteiger partial charge in [-0.25, -0.2) is 8.78 Å². The smallest absolute Gasteiger partial charge is 0.263 e. The largest absolute Gasteiger partial charge is 0.353 e. The predicted octanol–water partition coefficient (Wildman–Crippen LogP) is 3.01. The molecule has 4 heteroatoms. The van der Waals surface area contributed by atoms with Crippen LogP contribution < -0.4 is 5.32 Å². The van der Waals surface area contributed by atoms with Crippen LogP contribution in [0.15, 0.2) is 24.3 Å². The maximum absolute atomic E-state index is 12.6. The first-order valence-corrected chi connectivity index (χ1v) is 5.79. The van der Waals surface area contributed by atoms with Gasteiger partial charge in [-0.1, -0.05) is 25.1 Å². The normalized spacial score (nSPS) is 24.1. The number of hydrogen-bond acceptors (Lipinski definition) is 1. The zero-order valence-electron chi connectivity index (χ0n) is 9.62. The van der Waals surface area contributed by atoms with Gasteiger partial charge in [0.15, 0.2) is 0 Å². The van der Waals surface area contributed by atoms with E-state index < -0.39 is 6.43 Å². The quantitative estimate of drug-likeness (QED) is 0.863. The summed E-state index contributed by atoms with van der Waals surface area (Å²) in [6.07, 6.45) is -1.25. The van der Waals surface area contributed by atoms with Gasteiger partial charge in [0.1, 0.15) is 0 Å². The van der Waals surface area contributed by atoms with Crippen molar-refractivity contribution >= 4 is 5.91 Å². The maximum atomic E-state index is 12.6. The first kappa shape index (κ1) is 12.0. The van der Waals surface area contributed by atoms with Crippen LogP contribution in [-0.2, 0) is 4.79 Å². The van der Waals surface area contributed by atoms with Crippen LogP contribution in [0, 0.1) is 0 Å². The molecule has 1 saturated heterocycles. The van der Waals surface area contributed by atoms with Crippen LogP contribution in [-0.4, -0.2) is 11.9 Å². The molecule has 0 saturated carbocycles. The van der Waals surface area contributed by atoms with E-state index in [1.54, 1.807) is 6.07 Å². The lowest BCUT2D eigenvalue weighted by Crippen LogP contribution is -2.27. The Morgan fingerprint density at radius 1 is 1.47 bits per heavy atom. The minimum atomic E-state index is -2.46. The van der Waals surface area contributed by atoms with Gasteiger partial charge in [-0.05, 0) is 18.1 Å². The lowest BCUT2D eigenvalue weighted by molar-refractivity contribution is -0.119. The van der Waals surface area contributed by atoms with E-state index in [-0.39, 0.29) is 23.4 Å². The highest BCUT2D eigenvalue weighted by atomic mass is 19.3. The van der Waals surface area contributed by atoms with Crippen LogP contribution in [0.5, 0.6) is 0 Å². The third kappa shape index (κ3) is 2.46. The Labute approximate surface area is 99.0 Å². The van der Waals surface area contributed by atoms with E-state index >= 15 is 0 Å². The Kier molecular flexibility index (Phi) is 3.41. The third-order valence-corrected chi connectivity index (χ3v) is 3.27. The summed E-state index contributed by atoms with van der Waals surface area (Å²) in [7, 11) is 0. The molecule has 92 valence electrons. The highest BCUT2D eigenvalue weighted by Gasteiger charge is 2.32. The Balaban J connectivity index is 2.27. The average molecular weight is 239 g/mol. The molecule has 0 aromatic heterocycles. The first-order chi connectivity index (χ1) is 8.11. The van der Waals surface area contributed by atoms with Crippen LogP contribution in [0.3, 0.4) is 0 Å². The molecule has 1 amide bonds. The molecule has 1 aromatic rings. The van der Waals surface area contributed by atoms with Gasteiger partial charge in [0.05, 0.1) is 0 Å². The molecule has 0 spiro atoms. The predicted molar refractivity (Wildman–Crippen MR) is 61.0 cm³/mol.